The Balaban J connectivity index is 1.88. The number of aromatic nitrogens is 1. The molecular formula is C21H16N2O4. The Morgan fingerprint density at radius 3 is 2.52 bits per heavy atom. The van der Waals surface area contributed by atoms with E-state index in [1.165, 1.54) is 17.2 Å². The lowest BCUT2D eigenvalue weighted by Crippen LogP contribution is -2.31. The summed E-state index contributed by atoms with van der Waals surface area (Å²) >= 11 is 0. The zero-order valence-electron chi connectivity index (χ0n) is 14.5. The van der Waals surface area contributed by atoms with Crippen LogP contribution in [0.3, 0.4) is 0 Å². The Kier molecular flexibility index (Phi) is 4.08. The van der Waals surface area contributed by atoms with E-state index in [1.54, 1.807) is 30.5 Å². The third-order valence-electron chi connectivity index (χ3n) is 4.49. The summed E-state index contributed by atoms with van der Waals surface area (Å²) in [6.07, 6.45) is 2.93. The molecule has 4 rings (SSSR count). The number of aryl methyl sites for hydroxylation is 1. The predicted molar refractivity (Wildman–Crippen MR) is 98.3 cm³/mol. The minimum Gasteiger partial charge on any atom is -0.503 e. The van der Waals surface area contributed by atoms with Gasteiger partial charge in [-0.05, 0) is 36.8 Å². The van der Waals surface area contributed by atoms with Crippen molar-refractivity contribution in [1.82, 2.24) is 4.98 Å². The van der Waals surface area contributed by atoms with Crippen LogP contribution in [0.2, 0.25) is 0 Å². The fourth-order valence-electron chi connectivity index (χ4n) is 3.17. The lowest BCUT2D eigenvalue weighted by atomic mass is 9.94. The molecule has 0 aliphatic carbocycles. The molecule has 0 saturated heterocycles. The molecule has 1 amide bonds. The maximum Gasteiger partial charge on any atom is 0.295 e. The van der Waals surface area contributed by atoms with Gasteiger partial charge in [0, 0.05) is 6.20 Å². The van der Waals surface area contributed by atoms with Crippen LogP contribution in [-0.4, -0.2) is 21.8 Å². The Hall–Kier alpha value is -3.67. The molecule has 0 fully saturated rings. The van der Waals surface area contributed by atoms with Crippen molar-refractivity contribution < 1.29 is 19.1 Å². The van der Waals surface area contributed by atoms with E-state index >= 15 is 0 Å². The second-order valence-corrected chi connectivity index (χ2v) is 6.25. The van der Waals surface area contributed by atoms with Crippen LogP contribution in [0.5, 0.6) is 0 Å². The normalized spacial score (nSPS) is 16.9. The number of ketones is 1. The van der Waals surface area contributed by atoms with Gasteiger partial charge in [-0.2, -0.15) is 0 Å². The van der Waals surface area contributed by atoms with Crippen LogP contribution < -0.4 is 4.90 Å². The van der Waals surface area contributed by atoms with Gasteiger partial charge in [-0.15, -0.1) is 0 Å². The Bertz CT molecular complexity index is 1020. The van der Waals surface area contributed by atoms with Crippen molar-refractivity contribution in [1.29, 1.82) is 0 Å². The molecule has 2 aromatic heterocycles. The number of furan rings is 1. The quantitative estimate of drug-likeness (QED) is 0.716. The maximum atomic E-state index is 13.0. The first-order chi connectivity index (χ1) is 13.1. The number of hydrogen-bond donors (Lipinski definition) is 1. The average molecular weight is 360 g/mol. The first-order valence-electron chi connectivity index (χ1n) is 8.40. The zero-order chi connectivity index (χ0) is 19.0. The topological polar surface area (TPSA) is 83.6 Å². The number of amides is 1. The van der Waals surface area contributed by atoms with Crippen molar-refractivity contribution in [2.24, 2.45) is 0 Å². The number of anilines is 1. The second-order valence-electron chi connectivity index (χ2n) is 6.25. The van der Waals surface area contributed by atoms with Gasteiger partial charge in [0.05, 0.1) is 17.9 Å². The smallest absolute Gasteiger partial charge is 0.295 e. The molecule has 3 aromatic rings. The lowest BCUT2D eigenvalue weighted by molar-refractivity contribution is -0.117. The Morgan fingerprint density at radius 2 is 1.89 bits per heavy atom. The highest BCUT2D eigenvalue weighted by atomic mass is 16.3. The molecule has 1 atom stereocenters. The van der Waals surface area contributed by atoms with Gasteiger partial charge in [-0.25, -0.2) is 4.98 Å². The van der Waals surface area contributed by atoms with Crippen LogP contribution in [0.15, 0.2) is 82.8 Å². The molecule has 1 aromatic carbocycles. The van der Waals surface area contributed by atoms with Gasteiger partial charge in [0.25, 0.3) is 5.91 Å². The molecule has 3 heterocycles. The molecule has 0 unspecified atom stereocenters. The van der Waals surface area contributed by atoms with E-state index in [-0.39, 0.29) is 11.3 Å². The van der Waals surface area contributed by atoms with Gasteiger partial charge in [-0.3, -0.25) is 14.5 Å². The van der Waals surface area contributed by atoms with E-state index in [9.17, 15) is 14.7 Å². The van der Waals surface area contributed by atoms with Crippen molar-refractivity contribution in [2.75, 3.05) is 4.90 Å². The van der Waals surface area contributed by atoms with Gasteiger partial charge >= 0.3 is 0 Å². The van der Waals surface area contributed by atoms with E-state index in [1.807, 2.05) is 31.2 Å². The van der Waals surface area contributed by atoms with Crippen LogP contribution >= 0.6 is 0 Å². The van der Waals surface area contributed by atoms with Gasteiger partial charge in [0.15, 0.2) is 11.5 Å². The third-order valence-corrected chi connectivity index (χ3v) is 4.49. The number of aliphatic hydroxyl groups is 1. The number of aliphatic hydroxyl groups excluding tert-OH is 1. The molecule has 27 heavy (non-hydrogen) atoms. The summed E-state index contributed by atoms with van der Waals surface area (Å²) in [5, 5.41) is 10.5. The van der Waals surface area contributed by atoms with Crippen molar-refractivity contribution in [3.8, 4) is 0 Å². The van der Waals surface area contributed by atoms with Crippen molar-refractivity contribution in [3.05, 3.63) is 95.3 Å². The molecule has 6 nitrogen and oxygen atoms in total. The van der Waals surface area contributed by atoms with Gasteiger partial charge in [0.1, 0.15) is 5.82 Å². The Morgan fingerprint density at radius 1 is 1.11 bits per heavy atom. The number of nitrogens with zero attached hydrogens (tertiary/aromatic N) is 2. The number of hydrogen-bond acceptors (Lipinski definition) is 5. The van der Waals surface area contributed by atoms with Crippen molar-refractivity contribution >= 4 is 17.5 Å². The average Bonchev–Trinajstić information content (AvgIpc) is 3.31. The molecule has 1 aliphatic rings. The summed E-state index contributed by atoms with van der Waals surface area (Å²) in [6, 6.07) is 14.9. The van der Waals surface area contributed by atoms with Crippen molar-refractivity contribution in [3.63, 3.8) is 0 Å². The Labute approximate surface area is 155 Å². The monoisotopic (exact) mass is 360 g/mol. The fourth-order valence-corrected chi connectivity index (χ4v) is 3.17. The van der Waals surface area contributed by atoms with Crippen LogP contribution in [0.4, 0.5) is 5.82 Å². The SMILES string of the molecule is Cc1ccc([C@@H]2C(C(=O)c3ccco3)=C(O)C(=O)N2c2ccccn2)cc1. The van der Waals surface area contributed by atoms with Crippen LogP contribution in [-0.2, 0) is 4.79 Å². The third kappa shape index (κ3) is 2.81. The zero-order valence-corrected chi connectivity index (χ0v) is 14.5. The molecule has 1 N–H and O–H groups in total. The highest BCUT2D eigenvalue weighted by molar-refractivity contribution is 6.19. The van der Waals surface area contributed by atoms with E-state index < -0.39 is 23.5 Å². The standard InChI is InChI=1S/C21H16N2O4/c1-13-7-9-14(10-8-13)18-17(19(24)15-5-4-12-27-15)20(25)21(26)23(18)16-6-2-3-11-22-16/h2-12,18,25H,1H3/t18-/m1/s1. The van der Waals surface area contributed by atoms with Gasteiger partial charge in [-0.1, -0.05) is 35.9 Å². The minimum absolute atomic E-state index is 0.0237. The summed E-state index contributed by atoms with van der Waals surface area (Å²) < 4.78 is 5.20. The minimum atomic E-state index is -0.800. The van der Waals surface area contributed by atoms with Crippen LogP contribution in [0.1, 0.15) is 27.7 Å². The van der Waals surface area contributed by atoms with Crippen LogP contribution in [0.25, 0.3) is 0 Å². The molecule has 134 valence electrons. The molecule has 1 aliphatic heterocycles. The lowest BCUT2D eigenvalue weighted by Gasteiger charge is -2.25. The first kappa shape index (κ1) is 16.8. The number of benzene rings is 1. The fraction of sp³-hybridized carbons (Fsp3) is 0.0952. The van der Waals surface area contributed by atoms with Gasteiger partial charge in [0.2, 0.25) is 5.78 Å². The number of pyridine rings is 1. The number of rotatable bonds is 4. The molecule has 0 saturated carbocycles. The van der Waals surface area contributed by atoms with E-state index in [2.05, 4.69) is 4.98 Å². The summed E-state index contributed by atoms with van der Waals surface area (Å²) in [6.45, 7) is 1.95. The van der Waals surface area contributed by atoms with E-state index in [4.69, 9.17) is 4.42 Å². The molecule has 6 heteroatoms. The highest BCUT2D eigenvalue weighted by Crippen LogP contribution is 2.41. The number of carbonyl (C=O) groups is 2. The number of Topliss-reactive ketones (excluding diaryl/α,β-unsaturated/α-hetero) is 1. The summed E-state index contributed by atoms with van der Waals surface area (Å²) in [5.74, 6) is -1.39. The summed E-state index contributed by atoms with van der Waals surface area (Å²) in [4.78, 5) is 31.4. The molecule has 0 radical (unpaired) electrons. The molecular weight excluding hydrogens is 344 g/mol. The van der Waals surface area contributed by atoms with E-state index in [0.717, 1.165) is 5.56 Å². The summed E-state index contributed by atoms with van der Waals surface area (Å²) in [5.41, 5.74) is 1.71. The van der Waals surface area contributed by atoms with Crippen LogP contribution in [0, 0.1) is 6.92 Å². The summed E-state index contributed by atoms with van der Waals surface area (Å²) in [7, 11) is 0. The maximum absolute atomic E-state index is 13.0. The van der Waals surface area contributed by atoms with Crippen molar-refractivity contribution in [2.45, 2.75) is 13.0 Å². The van der Waals surface area contributed by atoms with Gasteiger partial charge < -0.3 is 9.52 Å². The largest absolute Gasteiger partial charge is 0.503 e. The second kappa shape index (κ2) is 6.57. The molecule has 0 spiro atoms. The van der Waals surface area contributed by atoms with E-state index in [0.29, 0.717) is 11.4 Å². The predicted octanol–water partition coefficient (Wildman–Crippen LogP) is 3.77. The molecule has 0 bridgehead atoms. The number of carbonyl (C=O) groups excluding carboxylic acids is 2. The first-order valence-corrected chi connectivity index (χ1v) is 8.40. The highest BCUT2D eigenvalue weighted by Gasteiger charge is 2.45.